The van der Waals surface area contributed by atoms with Gasteiger partial charge in [-0.1, -0.05) is 30.8 Å². The lowest BCUT2D eigenvalue weighted by Gasteiger charge is -2.28. The Bertz CT molecular complexity index is 1250. The second-order valence-electron chi connectivity index (χ2n) is 7.84. The quantitative estimate of drug-likeness (QED) is 0.410. The zero-order valence-corrected chi connectivity index (χ0v) is 20.6. The fourth-order valence-corrected chi connectivity index (χ4v) is 4.60. The standard InChI is InChI=1S/C26H25FN4O4S/c1-3-23-24(18-8-11-21(34-2)22(13-18)35-16-27)30-31(26(33)36-23)15-17-6-9-20(10-7-17)29-25(32)19-5-4-12-28-14-19/h4-14,23H,3,15-16H2,1-2H3,(H,29,32). The van der Waals surface area contributed by atoms with E-state index in [2.05, 4.69) is 15.4 Å². The molecular formula is C26H25FN4O4S. The van der Waals surface area contributed by atoms with Crippen molar-refractivity contribution in [2.75, 3.05) is 19.3 Å². The number of anilines is 1. The van der Waals surface area contributed by atoms with Gasteiger partial charge in [0, 0.05) is 23.6 Å². The van der Waals surface area contributed by atoms with Crippen LogP contribution in [0.5, 0.6) is 11.5 Å². The molecule has 1 aliphatic rings. The lowest BCUT2D eigenvalue weighted by atomic mass is 10.0. The number of hydrogen-bond acceptors (Lipinski definition) is 7. The minimum Gasteiger partial charge on any atom is -0.493 e. The number of rotatable bonds is 9. The third-order valence-corrected chi connectivity index (χ3v) is 6.75. The van der Waals surface area contributed by atoms with Gasteiger partial charge in [-0.15, -0.1) is 0 Å². The van der Waals surface area contributed by atoms with Crippen LogP contribution in [0.4, 0.5) is 14.9 Å². The summed E-state index contributed by atoms with van der Waals surface area (Å²) in [6, 6.07) is 15.8. The molecule has 0 saturated carbocycles. The highest BCUT2D eigenvalue weighted by molar-refractivity contribution is 8.14. The molecule has 1 aromatic heterocycles. The largest absolute Gasteiger partial charge is 0.493 e. The van der Waals surface area contributed by atoms with E-state index in [1.54, 1.807) is 42.6 Å². The molecule has 0 spiro atoms. The molecule has 0 saturated heterocycles. The zero-order valence-electron chi connectivity index (χ0n) is 19.8. The Hall–Kier alpha value is -3.92. The second-order valence-corrected chi connectivity index (χ2v) is 8.99. The average Bonchev–Trinajstić information content (AvgIpc) is 2.91. The monoisotopic (exact) mass is 508 g/mol. The number of carbonyl (C=O) groups is 2. The van der Waals surface area contributed by atoms with Gasteiger partial charge in [-0.2, -0.15) is 5.10 Å². The number of ether oxygens (including phenoxy) is 2. The fraction of sp³-hybridized carbons (Fsp3) is 0.231. The number of alkyl halides is 1. The van der Waals surface area contributed by atoms with Gasteiger partial charge in [-0.05, 0) is 54.4 Å². The van der Waals surface area contributed by atoms with Crippen LogP contribution >= 0.6 is 11.8 Å². The number of methoxy groups -OCH3 is 1. The van der Waals surface area contributed by atoms with Crippen LogP contribution in [0.2, 0.25) is 0 Å². The maximum absolute atomic E-state index is 12.9. The van der Waals surface area contributed by atoms with Crippen LogP contribution in [0.15, 0.2) is 72.1 Å². The summed E-state index contributed by atoms with van der Waals surface area (Å²) in [6.07, 6.45) is 3.80. The van der Waals surface area contributed by atoms with Gasteiger partial charge in [0.05, 0.1) is 30.2 Å². The molecule has 1 N–H and O–H groups in total. The van der Waals surface area contributed by atoms with Crippen molar-refractivity contribution < 1.29 is 23.5 Å². The third kappa shape index (κ3) is 5.83. The number of thioether (sulfide) groups is 1. The van der Waals surface area contributed by atoms with Gasteiger partial charge in [0.15, 0.2) is 11.5 Å². The first-order valence-corrected chi connectivity index (χ1v) is 12.1. The van der Waals surface area contributed by atoms with E-state index in [4.69, 9.17) is 9.47 Å². The Morgan fingerprint density at radius 1 is 1.17 bits per heavy atom. The van der Waals surface area contributed by atoms with Crippen molar-refractivity contribution in [1.29, 1.82) is 0 Å². The summed E-state index contributed by atoms with van der Waals surface area (Å²) < 4.78 is 23.2. The van der Waals surface area contributed by atoms with Crippen LogP contribution in [0.3, 0.4) is 0 Å². The van der Waals surface area contributed by atoms with E-state index in [1.807, 2.05) is 25.1 Å². The summed E-state index contributed by atoms with van der Waals surface area (Å²) in [5, 5.41) is 8.59. The van der Waals surface area contributed by atoms with Crippen LogP contribution in [-0.2, 0) is 6.54 Å². The molecular weight excluding hydrogens is 483 g/mol. The molecule has 0 radical (unpaired) electrons. The van der Waals surface area contributed by atoms with Crippen molar-refractivity contribution in [3.63, 3.8) is 0 Å². The molecule has 2 heterocycles. The molecule has 4 rings (SSSR count). The smallest absolute Gasteiger partial charge is 0.302 e. The van der Waals surface area contributed by atoms with Crippen molar-refractivity contribution in [2.24, 2.45) is 5.10 Å². The molecule has 0 aliphatic carbocycles. The Morgan fingerprint density at radius 3 is 2.64 bits per heavy atom. The van der Waals surface area contributed by atoms with Crippen molar-refractivity contribution in [3.8, 4) is 11.5 Å². The van der Waals surface area contributed by atoms with Crippen LogP contribution in [-0.4, -0.2) is 46.1 Å². The minimum absolute atomic E-state index is 0.148. The maximum Gasteiger partial charge on any atom is 0.302 e. The van der Waals surface area contributed by atoms with Gasteiger partial charge in [0.25, 0.3) is 5.91 Å². The number of nitrogens with one attached hydrogen (secondary N) is 1. The van der Waals surface area contributed by atoms with E-state index >= 15 is 0 Å². The molecule has 3 aromatic rings. The van der Waals surface area contributed by atoms with Crippen molar-refractivity contribution in [2.45, 2.75) is 25.1 Å². The number of nitrogens with zero attached hydrogens (tertiary/aromatic N) is 3. The molecule has 186 valence electrons. The number of halogens is 1. The van der Waals surface area contributed by atoms with Gasteiger partial charge < -0.3 is 14.8 Å². The summed E-state index contributed by atoms with van der Waals surface area (Å²) in [6.45, 7) is 1.26. The number of pyridine rings is 1. The van der Waals surface area contributed by atoms with Gasteiger partial charge >= 0.3 is 5.24 Å². The minimum atomic E-state index is -0.985. The lowest BCUT2D eigenvalue weighted by Crippen LogP contribution is -2.34. The molecule has 0 fully saturated rings. The molecule has 10 heteroatoms. The van der Waals surface area contributed by atoms with Crippen molar-refractivity contribution >= 4 is 34.3 Å². The highest BCUT2D eigenvalue weighted by atomic mass is 32.2. The normalized spacial score (nSPS) is 15.3. The first kappa shape index (κ1) is 25.2. The SMILES string of the molecule is CCC1SC(=O)N(Cc2ccc(NC(=O)c3cccnc3)cc2)N=C1c1ccc(OC)c(OCF)c1. The van der Waals surface area contributed by atoms with Gasteiger partial charge in [-0.25, -0.2) is 9.40 Å². The maximum atomic E-state index is 12.9. The highest BCUT2D eigenvalue weighted by Gasteiger charge is 2.30. The fourth-order valence-electron chi connectivity index (χ4n) is 3.67. The molecule has 1 aliphatic heterocycles. The van der Waals surface area contributed by atoms with Gasteiger partial charge in [0.1, 0.15) is 0 Å². The van der Waals surface area contributed by atoms with E-state index in [0.29, 0.717) is 29.1 Å². The van der Waals surface area contributed by atoms with Crippen molar-refractivity contribution in [1.82, 2.24) is 9.99 Å². The number of hydrazone groups is 1. The number of carbonyl (C=O) groups excluding carboxylic acids is 2. The molecule has 36 heavy (non-hydrogen) atoms. The van der Waals surface area contributed by atoms with Gasteiger partial charge in [-0.3, -0.25) is 14.6 Å². The number of amides is 2. The Kier molecular flexibility index (Phi) is 8.17. The predicted octanol–water partition coefficient (Wildman–Crippen LogP) is 5.50. The van der Waals surface area contributed by atoms with E-state index in [9.17, 15) is 14.0 Å². The second kappa shape index (κ2) is 11.7. The first-order chi connectivity index (χ1) is 17.5. The molecule has 1 unspecified atom stereocenters. The van der Waals surface area contributed by atoms with E-state index in [-0.39, 0.29) is 28.7 Å². The summed E-state index contributed by atoms with van der Waals surface area (Å²) in [4.78, 5) is 29.1. The van der Waals surface area contributed by atoms with Crippen LogP contribution in [0.1, 0.15) is 34.8 Å². The van der Waals surface area contributed by atoms with E-state index in [0.717, 1.165) is 11.1 Å². The van der Waals surface area contributed by atoms with Gasteiger partial charge in [0.2, 0.25) is 6.86 Å². The summed E-state index contributed by atoms with van der Waals surface area (Å²) in [5.74, 6) is 0.429. The lowest BCUT2D eigenvalue weighted by molar-refractivity contribution is 0.102. The molecule has 8 nitrogen and oxygen atoms in total. The molecule has 2 aromatic carbocycles. The van der Waals surface area contributed by atoms with Crippen molar-refractivity contribution in [3.05, 3.63) is 83.7 Å². The average molecular weight is 509 g/mol. The zero-order chi connectivity index (χ0) is 25.5. The number of hydrogen-bond donors (Lipinski definition) is 1. The molecule has 2 amide bonds. The molecule has 1 atom stereocenters. The first-order valence-electron chi connectivity index (χ1n) is 11.3. The van der Waals surface area contributed by atoms with Crippen LogP contribution in [0, 0.1) is 0 Å². The summed E-state index contributed by atoms with van der Waals surface area (Å²) >= 11 is 1.20. The Balaban J connectivity index is 1.52. The molecule has 0 bridgehead atoms. The summed E-state index contributed by atoms with van der Waals surface area (Å²) in [5.41, 5.74) is 3.36. The Morgan fingerprint density at radius 2 is 1.97 bits per heavy atom. The highest BCUT2D eigenvalue weighted by Crippen LogP contribution is 2.34. The van der Waals surface area contributed by atoms with E-state index in [1.165, 1.54) is 30.1 Å². The summed E-state index contributed by atoms with van der Waals surface area (Å²) in [7, 11) is 1.49. The van der Waals surface area contributed by atoms with Crippen LogP contribution in [0.25, 0.3) is 0 Å². The number of aromatic nitrogens is 1. The number of benzene rings is 2. The van der Waals surface area contributed by atoms with Crippen LogP contribution < -0.4 is 14.8 Å². The Labute approximate surface area is 212 Å². The van der Waals surface area contributed by atoms with E-state index < -0.39 is 6.86 Å². The topological polar surface area (TPSA) is 93.1 Å². The third-order valence-electron chi connectivity index (χ3n) is 5.50. The predicted molar refractivity (Wildman–Crippen MR) is 137 cm³/mol.